The van der Waals surface area contributed by atoms with Crippen LogP contribution in [0.1, 0.15) is 32.4 Å². The highest BCUT2D eigenvalue weighted by atomic mass is 127. The molecule has 3 heteroatoms. The maximum absolute atomic E-state index is 6.07. The average molecular weight is 397 g/mol. The second kappa shape index (κ2) is 6.97. The van der Waals surface area contributed by atoms with E-state index in [1.54, 1.807) is 0 Å². The summed E-state index contributed by atoms with van der Waals surface area (Å²) in [5.41, 5.74) is 1.25. The smallest absolute Gasteiger partial charge is 0.0918 e. The zero-order valence-electron chi connectivity index (χ0n) is 9.91. The van der Waals surface area contributed by atoms with Gasteiger partial charge >= 0.3 is 0 Å². The van der Waals surface area contributed by atoms with E-state index in [0.717, 1.165) is 8.90 Å². The van der Waals surface area contributed by atoms with Crippen molar-refractivity contribution < 1.29 is 4.74 Å². The van der Waals surface area contributed by atoms with Gasteiger partial charge < -0.3 is 4.74 Å². The van der Waals surface area contributed by atoms with Crippen LogP contribution in [0.4, 0.5) is 0 Å². The van der Waals surface area contributed by atoms with Gasteiger partial charge in [0.05, 0.1) is 12.2 Å². The summed E-state index contributed by atoms with van der Waals surface area (Å²) >= 11 is 5.88. The molecule has 90 valence electrons. The van der Waals surface area contributed by atoms with Gasteiger partial charge in [0.2, 0.25) is 0 Å². The number of ether oxygens (including phenoxy) is 1. The molecule has 0 amide bonds. The van der Waals surface area contributed by atoms with Crippen molar-refractivity contribution in [2.24, 2.45) is 5.92 Å². The first kappa shape index (κ1) is 14.5. The lowest BCUT2D eigenvalue weighted by Crippen LogP contribution is -2.19. The number of alkyl halides is 1. The lowest BCUT2D eigenvalue weighted by atomic mass is 10.1. The summed E-state index contributed by atoms with van der Waals surface area (Å²) in [4.78, 5) is 0. The highest BCUT2D eigenvalue weighted by Crippen LogP contribution is 2.25. The quantitative estimate of drug-likeness (QED) is 0.503. The first-order chi connectivity index (χ1) is 7.54. The third kappa shape index (κ3) is 4.34. The molecule has 0 heterocycles. The Morgan fingerprint density at radius 1 is 1.31 bits per heavy atom. The summed E-state index contributed by atoms with van der Waals surface area (Å²) in [6.45, 7) is 6.52. The standard InChI is InChI=1S/C13H18BrIO/c1-9(2)10(3)16-13(8-15)11-5-4-6-12(14)7-11/h4-7,9-10,13H,8H2,1-3H3. The average Bonchev–Trinajstić information content (AvgIpc) is 2.25. The third-order valence-electron chi connectivity index (χ3n) is 2.68. The lowest BCUT2D eigenvalue weighted by Gasteiger charge is -2.24. The van der Waals surface area contributed by atoms with Crippen molar-refractivity contribution in [2.45, 2.75) is 33.0 Å². The van der Waals surface area contributed by atoms with Crippen LogP contribution in [0.25, 0.3) is 0 Å². The van der Waals surface area contributed by atoms with Crippen LogP contribution in [-0.2, 0) is 4.74 Å². The van der Waals surface area contributed by atoms with Crippen molar-refractivity contribution in [3.63, 3.8) is 0 Å². The first-order valence-corrected chi connectivity index (χ1v) is 7.83. The molecule has 0 N–H and O–H groups in total. The Morgan fingerprint density at radius 2 is 2.00 bits per heavy atom. The highest BCUT2D eigenvalue weighted by Gasteiger charge is 2.16. The molecule has 0 radical (unpaired) electrons. The van der Waals surface area contributed by atoms with E-state index in [0.29, 0.717) is 12.0 Å². The minimum Gasteiger partial charge on any atom is -0.370 e. The summed E-state index contributed by atoms with van der Waals surface area (Å²) in [6.07, 6.45) is 0.481. The van der Waals surface area contributed by atoms with Crippen molar-refractivity contribution in [3.8, 4) is 0 Å². The topological polar surface area (TPSA) is 9.23 Å². The van der Waals surface area contributed by atoms with E-state index in [9.17, 15) is 0 Å². The molecule has 16 heavy (non-hydrogen) atoms. The molecule has 0 spiro atoms. The van der Waals surface area contributed by atoms with Gasteiger partial charge in [0.25, 0.3) is 0 Å². The molecular weight excluding hydrogens is 379 g/mol. The summed E-state index contributed by atoms with van der Waals surface area (Å²) in [5.74, 6) is 0.553. The van der Waals surface area contributed by atoms with Crippen LogP contribution >= 0.6 is 38.5 Å². The summed E-state index contributed by atoms with van der Waals surface area (Å²) in [5, 5.41) is 0. The van der Waals surface area contributed by atoms with Gasteiger partial charge in [-0.1, -0.05) is 64.5 Å². The molecule has 1 aromatic carbocycles. The monoisotopic (exact) mass is 396 g/mol. The Hall–Kier alpha value is 0.390. The van der Waals surface area contributed by atoms with Crippen LogP contribution in [0.3, 0.4) is 0 Å². The van der Waals surface area contributed by atoms with E-state index in [1.807, 2.05) is 6.07 Å². The molecule has 0 aromatic heterocycles. The fourth-order valence-electron chi connectivity index (χ4n) is 1.33. The molecule has 0 aliphatic heterocycles. The maximum Gasteiger partial charge on any atom is 0.0918 e. The number of benzene rings is 1. The summed E-state index contributed by atoms with van der Waals surface area (Å²) < 4.78 is 8.16. The van der Waals surface area contributed by atoms with E-state index in [-0.39, 0.29) is 6.10 Å². The zero-order valence-corrected chi connectivity index (χ0v) is 13.7. The van der Waals surface area contributed by atoms with Crippen LogP contribution in [0.2, 0.25) is 0 Å². The molecule has 0 aliphatic rings. The predicted molar refractivity (Wildman–Crippen MR) is 81.2 cm³/mol. The fraction of sp³-hybridized carbons (Fsp3) is 0.538. The Kier molecular flexibility index (Phi) is 6.29. The van der Waals surface area contributed by atoms with Gasteiger partial charge in [0.15, 0.2) is 0 Å². The Labute approximate surface area is 120 Å². The molecule has 0 saturated carbocycles. The predicted octanol–water partition coefficient (Wildman–Crippen LogP) is 4.99. The van der Waals surface area contributed by atoms with Gasteiger partial charge in [-0.05, 0) is 30.5 Å². The number of hydrogen-bond donors (Lipinski definition) is 0. The molecule has 0 fully saturated rings. The number of halogens is 2. The SMILES string of the molecule is CC(C)C(C)OC(CI)c1cccc(Br)c1. The molecule has 2 unspecified atom stereocenters. The first-order valence-electron chi connectivity index (χ1n) is 5.51. The molecule has 0 bridgehead atoms. The molecule has 1 nitrogen and oxygen atoms in total. The van der Waals surface area contributed by atoms with Gasteiger partial charge in [-0.2, -0.15) is 0 Å². The molecular formula is C13H18BrIO. The maximum atomic E-state index is 6.07. The van der Waals surface area contributed by atoms with Crippen molar-refractivity contribution in [1.82, 2.24) is 0 Å². The molecule has 0 saturated heterocycles. The van der Waals surface area contributed by atoms with Gasteiger partial charge in [-0.3, -0.25) is 0 Å². The minimum atomic E-state index is 0.190. The Balaban J connectivity index is 2.74. The van der Waals surface area contributed by atoms with Crippen LogP contribution in [0.15, 0.2) is 28.7 Å². The van der Waals surface area contributed by atoms with E-state index in [4.69, 9.17) is 4.74 Å². The van der Waals surface area contributed by atoms with Gasteiger partial charge in [0.1, 0.15) is 0 Å². The van der Waals surface area contributed by atoms with Crippen LogP contribution in [0.5, 0.6) is 0 Å². The number of rotatable bonds is 5. The number of hydrogen-bond acceptors (Lipinski definition) is 1. The molecule has 1 rings (SSSR count). The van der Waals surface area contributed by atoms with Crippen molar-refractivity contribution in [2.75, 3.05) is 4.43 Å². The van der Waals surface area contributed by atoms with Crippen LogP contribution in [-0.4, -0.2) is 10.5 Å². The lowest BCUT2D eigenvalue weighted by molar-refractivity contribution is -0.0134. The van der Waals surface area contributed by atoms with E-state index in [1.165, 1.54) is 5.56 Å². The second-order valence-corrected chi connectivity index (χ2v) is 6.08. The van der Waals surface area contributed by atoms with Crippen LogP contribution in [0, 0.1) is 5.92 Å². The summed E-state index contributed by atoms with van der Waals surface area (Å²) in [7, 11) is 0. The van der Waals surface area contributed by atoms with Crippen molar-refractivity contribution in [3.05, 3.63) is 34.3 Å². The van der Waals surface area contributed by atoms with Crippen molar-refractivity contribution in [1.29, 1.82) is 0 Å². The van der Waals surface area contributed by atoms with Crippen LogP contribution < -0.4 is 0 Å². The normalized spacial score (nSPS) is 15.1. The zero-order chi connectivity index (χ0) is 12.1. The van der Waals surface area contributed by atoms with Gasteiger partial charge in [0, 0.05) is 8.90 Å². The molecule has 2 atom stereocenters. The third-order valence-corrected chi connectivity index (χ3v) is 3.97. The fourth-order valence-corrected chi connectivity index (χ4v) is 2.46. The largest absolute Gasteiger partial charge is 0.370 e. The molecule has 1 aromatic rings. The summed E-state index contributed by atoms with van der Waals surface area (Å²) in [6, 6.07) is 8.36. The molecule has 0 aliphatic carbocycles. The van der Waals surface area contributed by atoms with Gasteiger partial charge in [-0.15, -0.1) is 0 Å². The Bertz CT molecular complexity index is 327. The van der Waals surface area contributed by atoms with Crippen molar-refractivity contribution >= 4 is 38.5 Å². The second-order valence-electron chi connectivity index (χ2n) is 4.28. The van der Waals surface area contributed by atoms with E-state index >= 15 is 0 Å². The highest BCUT2D eigenvalue weighted by molar-refractivity contribution is 14.1. The van der Waals surface area contributed by atoms with E-state index < -0.39 is 0 Å². The minimum absolute atomic E-state index is 0.190. The van der Waals surface area contributed by atoms with E-state index in [2.05, 4.69) is 77.5 Å². The Morgan fingerprint density at radius 3 is 2.50 bits per heavy atom. The van der Waals surface area contributed by atoms with Gasteiger partial charge in [-0.25, -0.2) is 0 Å².